The van der Waals surface area contributed by atoms with Crippen molar-refractivity contribution in [1.29, 1.82) is 0 Å². The van der Waals surface area contributed by atoms with Gasteiger partial charge in [-0.15, -0.1) is 11.3 Å². The predicted molar refractivity (Wildman–Crippen MR) is 113 cm³/mol. The summed E-state index contributed by atoms with van der Waals surface area (Å²) in [6.07, 6.45) is 0.956. The van der Waals surface area contributed by atoms with Gasteiger partial charge in [-0.3, -0.25) is 4.79 Å². The number of carbonyl (C=O) groups excluding carboxylic acids is 1. The standard InChI is InChI=1S/C22H22N2O4S/c1-4-27-20-10-15-9-13(2)28-19(15)11-17(20)23-21(25)18-12-29-22(24-18)14-5-7-16(26-3)8-6-14/h5-8,10-13H,4,9H2,1-3H3,(H,23,25). The Bertz CT molecular complexity index is 1030. The van der Waals surface area contributed by atoms with Gasteiger partial charge >= 0.3 is 0 Å². The zero-order valence-electron chi connectivity index (χ0n) is 16.5. The van der Waals surface area contributed by atoms with Crippen LogP contribution < -0.4 is 19.5 Å². The third-order valence-electron chi connectivity index (χ3n) is 4.62. The largest absolute Gasteiger partial charge is 0.497 e. The first-order chi connectivity index (χ1) is 14.1. The van der Waals surface area contributed by atoms with E-state index in [0.29, 0.717) is 23.7 Å². The smallest absolute Gasteiger partial charge is 0.275 e. The highest BCUT2D eigenvalue weighted by atomic mass is 32.1. The molecule has 0 aliphatic carbocycles. The Labute approximate surface area is 173 Å². The number of nitrogens with zero attached hydrogens (tertiary/aromatic N) is 1. The molecule has 150 valence electrons. The minimum absolute atomic E-state index is 0.121. The Morgan fingerprint density at radius 1 is 1.31 bits per heavy atom. The van der Waals surface area contributed by atoms with Crippen LogP contribution in [0.4, 0.5) is 5.69 Å². The number of methoxy groups -OCH3 is 1. The molecular formula is C22H22N2O4S. The topological polar surface area (TPSA) is 69.7 Å². The van der Waals surface area contributed by atoms with Crippen LogP contribution in [0.3, 0.4) is 0 Å². The molecule has 0 saturated heterocycles. The van der Waals surface area contributed by atoms with Crippen molar-refractivity contribution in [2.24, 2.45) is 0 Å². The summed E-state index contributed by atoms with van der Waals surface area (Å²) in [6, 6.07) is 11.4. The van der Waals surface area contributed by atoms with Gasteiger partial charge in [-0.2, -0.15) is 0 Å². The summed E-state index contributed by atoms with van der Waals surface area (Å²) in [7, 11) is 1.63. The molecule has 0 spiro atoms. The van der Waals surface area contributed by atoms with E-state index in [1.165, 1.54) is 11.3 Å². The Morgan fingerprint density at radius 2 is 2.10 bits per heavy atom. The average molecular weight is 410 g/mol. The van der Waals surface area contributed by atoms with Crippen molar-refractivity contribution in [1.82, 2.24) is 4.98 Å². The number of thiazole rings is 1. The number of amides is 1. The number of hydrogen-bond acceptors (Lipinski definition) is 6. The SMILES string of the molecule is CCOc1cc2c(cc1NC(=O)c1csc(-c3ccc(OC)cc3)n1)OC(C)C2. The van der Waals surface area contributed by atoms with Crippen LogP contribution in [-0.2, 0) is 6.42 Å². The highest BCUT2D eigenvalue weighted by molar-refractivity contribution is 7.13. The summed E-state index contributed by atoms with van der Waals surface area (Å²) in [5, 5.41) is 5.44. The fourth-order valence-electron chi connectivity index (χ4n) is 3.24. The van der Waals surface area contributed by atoms with Crippen molar-refractivity contribution in [3.63, 3.8) is 0 Å². The lowest BCUT2D eigenvalue weighted by Gasteiger charge is -2.13. The molecule has 1 aromatic heterocycles. The summed E-state index contributed by atoms with van der Waals surface area (Å²) in [5.74, 6) is 1.92. The molecule has 0 bridgehead atoms. The Morgan fingerprint density at radius 3 is 2.83 bits per heavy atom. The molecule has 4 rings (SSSR count). The first-order valence-corrected chi connectivity index (χ1v) is 10.3. The minimum Gasteiger partial charge on any atom is -0.497 e. The van der Waals surface area contributed by atoms with E-state index in [1.54, 1.807) is 12.5 Å². The second-order valence-electron chi connectivity index (χ2n) is 6.74. The van der Waals surface area contributed by atoms with Crippen molar-refractivity contribution in [3.8, 4) is 27.8 Å². The van der Waals surface area contributed by atoms with Gasteiger partial charge in [0.05, 0.1) is 19.4 Å². The molecule has 7 heteroatoms. The van der Waals surface area contributed by atoms with Crippen molar-refractivity contribution < 1.29 is 19.0 Å². The van der Waals surface area contributed by atoms with Crippen molar-refractivity contribution in [2.45, 2.75) is 26.4 Å². The molecule has 1 N–H and O–H groups in total. The minimum atomic E-state index is -0.284. The number of ether oxygens (including phenoxy) is 3. The number of carbonyl (C=O) groups is 1. The maximum atomic E-state index is 12.8. The molecule has 2 heterocycles. The number of nitrogens with one attached hydrogen (secondary N) is 1. The summed E-state index contributed by atoms with van der Waals surface area (Å²) in [5.41, 5.74) is 2.97. The van der Waals surface area contributed by atoms with Crippen LogP contribution in [-0.4, -0.2) is 30.7 Å². The van der Waals surface area contributed by atoms with E-state index in [4.69, 9.17) is 14.2 Å². The van der Waals surface area contributed by atoms with Gasteiger partial charge in [-0.1, -0.05) is 0 Å². The third kappa shape index (κ3) is 4.05. The Balaban J connectivity index is 1.55. The first kappa shape index (κ1) is 19.3. The lowest BCUT2D eigenvalue weighted by molar-refractivity contribution is 0.102. The summed E-state index contributed by atoms with van der Waals surface area (Å²) < 4.78 is 16.7. The van der Waals surface area contributed by atoms with Crippen LogP contribution in [0.2, 0.25) is 0 Å². The molecule has 29 heavy (non-hydrogen) atoms. The quantitative estimate of drug-likeness (QED) is 0.633. The van der Waals surface area contributed by atoms with Crippen LogP contribution >= 0.6 is 11.3 Å². The van der Waals surface area contributed by atoms with Gasteiger partial charge in [0.2, 0.25) is 0 Å². The molecule has 2 aromatic carbocycles. The first-order valence-electron chi connectivity index (χ1n) is 9.45. The van der Waals surface area contributed by atoms with Crippen LogP contribution in [0.25, 0.3) is 10.6 Å². The van der Waals surface area contributed by atoms with Crippen LogP contribution in [0.1, 0.15) is 29.9 Å². The average Bonchev–Trinajstić information content (AvgIpc) is 3.34. The van der Waals surface area contributed by atoms with E-state index < -0.39 is 0 Å². The summed E-state index contributed by atoms with van der Waals surface area (Å²) in [6.45, 7) is 4.45. The molecule has 6 nitrogen and oxygen atoms in total. The Kier molecular flexibility index (Phi) is 5.40. The molecule has 1 unspecified atom stereocenters. The molecule has 1 atom stereocenters. The van der Waals surface area contributed by atoms with Crippen molar-refractivity contribution in [3.05, 3.63) is 53.0 Å². The van der Waals surface area contributed by atoms with E-state index in [-0.39, 0.29) is 12.0 Å². The molecule has 0 radical (unpaired) electrons. The molecule has 1 amide bonds. The Hall–Kier alpha value is -3.06. The van der Waals surface area contributed by atoms with E-state index in [9.17, 15) is 4.79 Å². The van der Waals surface area contributed by atoms with Gasteiger partial charge in [0.1, 0.15) is 34.1 Å². The normalized spacial score (nSPS) is 14.8. The zero-order chi connectivity index (χ0) is 20.4. The van der Waals surface area contributed by atoms with Crippen molar-refractivity contribution in [2.75, 3.05) is 19.0 Å². The van der Waals surface area contributed by atoms with Gasteiger partial charge in [-0.05, 0) is 44.2 Å². The second kappa shape index (κ2) is 8.13. The monoisotopic (exact) mass is 410 g/mol. The number of fused-ring (bicyclic) bond motifs is 1. The number of rotatable bonds is 6. The fraction of sp³-hybridized carbons (Fsp3) is 0.273. The number of aromatic nitrogens is 1. The van der Waals surface area contributed by atoms with E-state index in [2.05, 4.69) is 10.3 Å². The van der Waals surface area contributed by atoms with Gasteiger partial charge in [0.15, 0.2) is 0 Å². The van der Waals surface area contributed by atoms with Crippen LogP contribution in [0.15, 0.2) is 41.8 Å². The molecular weight excluding hydrogens is 388 g/mol. The highest BCUT2D eigenvalue weighted by Gasteiger charge is 2.23. The third-order valence-corrected chi connectivity index (χ3v) is 5.51. The predicted octanol–water partition coefficient (Wildman–Crippen LogP) is 4.79. The summed E-state index contributed by atoms with van der Waals surface area (Å²) >= 11 is 1.42. The van der Waals surface area contributed by atoms with Gasteiger partial charge < -0.3 is 19.5 Å². The molecule has 0 fully saturated rings. The highest BCUT2D eigenvalue weighted by Crippen LogP contribution is 2.38. The van der Waals surface area contributed by atoms with Crippen LogP contribution in [0, 0.1) is 0 Å². The molecule has 0 saturated carbocycles. The number of hydrogen-bond donors (Lipinski definition) is 1. The maximum absolute atomic E-state index is 12.8. The molecule has 1 aliphatic heterocycles. The number of anilines is 1. The van der Waals surface area contributed by atoms with Gasteiger partial charge in [-0.25, -0.2) is 4.98 Å². The van der Waals surface area contributed by atoms with Gasteiger partial charge in [0, 0.05) is 29.0 Å². The molecule has 3 aromatic rings. The van der Waals surface area contributed by atoms with E-state index >= 15 is 0 Å². The zero-order valence-corrected chi connectivity index (χ0v) is 17.3. The van der Waals surface area contributed by atoms with Crippen molar-refractivity contribution >= 4 is 22.9 Å². The van der Waals surface area contributed by atoms with Gasteiger partial charge in [0.25, 0.3) is 5.91 Å². The lowest BCUT2D eigenvalue weighted by Crippen LogP contribution is -2.13. The second-order valence-corrected chi connectivity index (χ2v) is 7.60. The fourth-order valence-corrected chi connectivity index (χ4v) is 4.05. The molecule has 1 aliphatic rings. The lowest BCUT2D eigenvalue weighted by atomic mass is 10.1. The van der Waals surface area contributed by atoms with E-state index in [0.717, 1.165) is 34.1 Å². The summed E-state index contributed by atoms with van der Waals surface area (Å²) in [4.78, 5) is 17.3. The maximum Gasteiger partial charge on any atom is 0.275 e. The van der Waals surface area contributed by atoms with E-state index in [1.807, 2.05) is 50.2 Å². The number of benzene rings is 2. The van der Waals surface area contributed by atoms with Crippen LogP contribution in [0.5, 0.6) is 17.2 Å².